The number of nitrogens with zero attached hydrogens (tertiary/aromatic N) is 4. The summed E-state index contributed by atoms with van der Waals surface area (Å²) in [5, 5.41) is 16.6. The minimum atomic E-state index is -5.87. The van der Waals surface area contributed by atoms with E-state index in [2.05, 4.69) is 9.97 Å². The van der Waals surface area contributed by atoms with E-state index < -0.39 is 29.3 Å². The van der Waals surface area contributed by atoms with Gasteiger partial charge in [-0.2, -0.15) is 32.5 Å². The maximum Gasteiger partial charge on any atom is 1.00 e. The van der Waals surface area contributed by atoms with E-state index in [1.165, 1.54) is 12.1 Å². The molecule has 0 spiro atoms. The second-order valence-electron chi connectivity index (χ2n) is 2.54. The smallest absolute Gasteiger partial charge is 0.425 e. The van der Waals surface area contributed by atoms with E-state index in [1.807, 2.05) is 0 Å². The van der Waals surface area contributed by atoms with Gasteiger partial charge >= 0.3 is 31.0 Å². The van der Waals surface area contributed by atoms with Crippen molar-refractivity contribution in [3.63, 3.8) is 0 Å². The molecule has 1 heterocycles. The van der Waals surface area contributed by atoms with E-state index in [0.29, 0.717) is 0 Å². The molecule has 0 aromatic carbocycles. The predicted molar refractivity (Wildman–Crippen MR) is 36.9 cm³/mol. The maximum absolute atomic E-state index is 12.7. The van der Waals surface area contributed by atoms with Crippen molar-refractivity contribution in [2.75, 3.05) is 0 Å². The third-order valence-electron chi connectivity index (χ3n) is 1.51. The van der Waals surface area contributed by atoms with E-state index >= 15 is 0 Å². The predicted octanol–water partition coefficient (Wildman–Crippen LogP) is -1.56. The Morgan fingerprint density at radius 1 is 1.06 bits per heavy atom. The number of hydrogen-bond acceptors (Lipinski definition) is 3. The molecule has 10 heteroatoms. The molecule has 0 aliphatic carbocycles. The fourth-order valence-corrected chi connectivity index (χ4v) is 0.766. The van der Waals surface area contributed by atoms with Gasteiger partial charge in [0.1, 0.15) is 0 Å². The first-order valence-electron chi connectivity index (χ1n) is 3.54. The molecule has 1 rings (SSSR count). The maximum atomic E-state index is 12.7. The van der Waals surface area contributed by atoms with Crippen LogP contribution in [0.4, 0.5) is 22.0 Å². The van der Waals surface area contributed by atoms with Gasteiger partial charge in [-0.05, 0) is 5.82 Å². The zero-order valence-corrected chi connectivity index (χ0v) is 8.18. The number of hydrogen-bond donors (Lipinski definition) is 0. The first-order chi connectivity index (χ1) is 7.24. The van der Waals surface area contributed by atoms with Gasteiger partial charge in [0.15, 0.2) is 0 Å². The van der Waals surface area contributed by atoms with Gasteiger partial charge in [-0.25, -0.2) is 0 Å². The van der Waals surface area contributed by atoms with Crippen LogP contribution in [-0.4, -0.2) is 11.2 Å². The Labute approximate surface area is 103 Å². The molecule has 0 bridgehead atoms. The molecule has 0 unspecified atom stereocenters. The molecule has 17 heavy (non-hydrogen) atoms. The fraction of sp³-hybridized carbons (Fsp3) is 0.286. The van der Waals surface area contributed by atoms with Crippen molar-refractivity contribution in [3.8, 4) is 12.1 Å². The van der Waals surface area contributed by atoms with Crippen LogP contribution in [-0.2, 0) is 5.92 Å². The van der Waals surface area contributed by atoms with Crippen LogP contribution in [0.5, 0.6) is 0 Å². The Morgan fingerprint density at radius 3 is 1.88 bits per heavy atom. The molecule has 0 N–H and O–H groups in total. The number of imidazole rings is 1. The number of alkyl halides is 5. The van der Waals surface area contributed by atoms with Gasteiger partial charge in [0.2, 0.25) is 0 Å². The fourth-order valence-electron chi connectivity index (χ4n) is 0.766. The number of aromatic nitrogens is 2. The summed E-state index contributed by atoms with van der Waals surface area (Å²) in [5.74, 6) is -7.18. The molecule has 84 valence electrons. The molecule has 0 amide bonds. The summed E-state index contributed by atoms with van der Waals surface area (Å²) in [4.78, 5) is 5.35. The van der Waals surface area contributed by atoms with Gasteiger partial charge in [0, 0.05) is 0 Å². The normalized spacial score (nSPS) is 11.2. The standard InChI is InChI=1S/C7F5N4.Li/c8-6(9,7(10,11)12)5-15-3(1-13)4(2-14)16-5;/q-1;+1. The van der Waals surface area contributed by atoms with Crippen LogP contribution in [0.25, 0.3) is 0 Å². The van der Waals surface area contributed by atoms with Gasteiger partial charge < -0.3 is 9.97 Å². The molecule has 1 aromatic heterocycles. The van der Waals surface area contributed by atoms with E-state index in [0.717, 1.165) is 0 Å². The number of rotatable bonds is 1. The zero-order valence-electron chi connectivity index (χ0n) is 8.18. The Morgan fingerprint density at radius 2 is 1.59 bits per heavy atom. The van der Waals surface area contributed by atoms with Crippen LogP contribution < -0.4 is 23.8 Å². The van der Waals surface area contributed by atoms with Gasteiger partial charge in [-0.1, -0.05) is 0 Å². The summed E-state index contributed by atoms with van der Waals surface area (Å²) in [6.45, 7) is 0. The minimum Gasteiger partial charge on any atom is -0.425 e. The molecule has 1 aromatic rings. The summed E-state index contributed by atoms with van der Waals surface area (Å²) in [6.07, 6.45) is -5.87. The van der Waals surface area contributed by atoms with E-state index in [-0.39, 0.29) is 18.9 Å². The van der Waals surface area contributed by atoms with Crippen LogP contribution in [0.3, 0.4) is 0 Å². The largest absolute Gasteiger partial charge is 1.00 e. The van der Waals surface area contributed by atoms with Crippen molar-refractivity contribution >= 4 is 0 Å². The third-order valence-corrected chi connectivity index (χ3v) is 1.51. The van der Waals surface area contributed by atoms with E-state index in [1.54, 1.807) is 0 Å². The van der Waals surface area contributed by atoms with Crippen LogP contribution in [0.15, 0.2) is 0 Å². The molecule has 0 aliphatic heterocycles. The second kappa shape index (κ2) is 4.75. The molecule has 0 aliphatic rings. The average molecular weight is 242 g/mol. The summed E-state index contributed by atoms with van der Waals surface area (Å²) in [7, 11) is 0. The van der Waals surface area contributed by atoms with Crippen LogP contribution >= 0.6 is 0 Å². The monoisotopic (exact) mass is 242 g/mol. The van der Waals surface area contributed by atoms with Crippen molar-refractivity contribution in [2.24, 2.45) is 0 Å². The third kappa shape index (κ3) is 2.58. The minimum absolute atomic E-state index is 0. The van der Waals surface area contributed by atoms with Crippen molar-refractivity contribution in [2.45, 2.75) is 12.1 Å². The first kappa shape index (κ1) is 15.4. The van der Waals surface area contributed by atoms with Crippen molar-refractivity contribution in [1.82, 2.24) is 9.97 Å². The molecule has 0 radical (unpaired) electrons. The topological polar surface area (TPSA) is 74.6 Å². The SMILES string of the molecule is N#Cc1nc(C(F)(F)C(F)(F)F)[n-]c1C#N.[Li+]. The summed E-state index contributed by atoms with van der Waals surface area (Å²) < 4.78 is 60.9. The van der Waals surface area contributed by atoms with Crippen molar-refractivity contribution < 1.29 is 40.8 Å². The molecular formula is C7F5LiN4. The Balaban J connectivity index is 0.00000256. The molecule has 0 saturated heterocycles. The van der Waals surface area contributed by atoms with Crippen LogP contribution in [0.1, 0.15) is 17.2 Å². The average Bonchev–Trinajstić information content (AvgIpc) is 2.59. The first-order valence-corrected chi connectivity index (χ1v) is 3.54. The number of halogens is 5. The molecule has 4 nitrogen and oxygen atoms in total. The van der Waals surface area contributed by atoms with Gasteiger partial charge in [0.05, 0.1) is 23.5 Å². The number of nitriles is 2. The van der Waals surface area contributed by atoms with Crippen molar-refractivity contribution in [1.29, 1.82) is 10.5 Å². The molecule has 0 fully saturated rings. The molecule has 0 saturated carbocycles. The van der Waals surface area contributed by atoms with Crippen LogP contribution in [0, 0.1) is 22.7 Å². The van der Waals surface area contributed by atoms with Gasteiger partial charge in [-0.15, -0.1) is 0 Å². The quantitative estimate of drug-likeness (QED) is 0.441. The second-order valence-corrected chi connectivity index (χ2v) is 2.54. The molecule has 0 atom stereocenters. The Hall–Kier alpha value is -1.56. The summed E-state index contributed by atoms with van der Waals surface area (Å²) >= 11 is 0. The van der Waals surface area contributed by atoms with E-state index in [4.69, 9.17) is 10.5 Å². The van der Waals surface area contributed by atoms with E-state index in [9.17, 15) is 22.0 Å². The van der Waals surface area contributed by atoms with Gasteiger partial charge in [-0.3, -0.25) is 0 Å². The van der Waals surface area contributed by atoms with Crippen LogP contribution in [0.2, 0.25) is 0 Å². The Kier molecular flexibility index (Phi) is 4.31. The zero-order chi connectivity index (χ0) is 12.6. The van der Waals surface area contributed by atoms with Gasteiger partial charge in [0.25, 0.3) is 0 Å². The summed E-state index contributed by atoms with van der Waals surface area (Å²) in [5.41, 5.74) is -1.72. The Bertz CT molecular complexity index is 460. The molecular weight excluding hydrogens is 242 g/mol. The summed E-state index contributed by atoms with van der Waals surface area (Å²) in [6, 6.07) is 2.39. The van der Waals surface area contributed by atoms with Crippen molar-refractivity contribution in [3.05, 3.63) is 17.2 Å².